The molecule has 0 saturated heterocycles. The van der Waals surface area contributed by atoms with Crippen LogP contribution < -0.4 is 15.8 Å². The Bertz CT molecular complexity index is 644. The standard InChI is InChI=1S/C16H17ClN2O2/c1-11-3-2-4-13(7-11)19-16(20)10-21-14-6-5-12(9-18)15(17)8-14/h2-8H,9-10,18H2,1H3,(H,19,20). The Kier molecular flexibility index (Phi) is 5.20. The average molecular weight is 305 g/mol. The zero-order valence-corrected chi connectivity index (χ0v) is 12.5. The second kappa shape index (κ2) is 7.11. The van der Waals surface area contributed by atoms with E-state index in [2.05, 4.69) is 5.32 Å². The third kappa shape index (κ3) is 4.48. The molecule has 0 heterocycles. The predicted octanol–water partition coefficient (Wildman–Crippen LogP) is 3.12. The first-order valence-corrected chi connectivity index (χ1v) is 6.94. The molecular weight excluding hydrogens is 288 g/mol. The number of halogens is 1. The fourth-order valence-electron chi connectivity index (χ4n) is 1.85. The number of carbonyl (C=O) groups is 1. The van der Waals surface area contributed by atoms with E-state index in [9.17, 15) is 4.79 Å². The average Bonchev–Trinajstić information content (AvgIpc) is 2.45. The van der Waals surface area contributed by atoms with Gasteiger partial charge < -0.3 is 15.8 Å². The molecule has 0 unspecified atom stereocenters. The van der Waals surface area contributed by atoms with Crippen molar-refractivity contribution >= 4 is 23.2 Å². The predicted molar refractivity (Wildman–Crippen MR) is 84.6 cm³/mol. The van der Waals surface area contributed by atoms with Crippen LogP contribution in [-0.4, -0.2) is 12.5 Å². The summed E-state index contributed by atoms with van der Waals surface area (Å²) < 4.78 is 5.41. The number of benzene rings is 2. The second-order valence-electron chi connectivity index (χ2n) is 4.66. The van der Waals surface area contributed by atoms with Crippen molar-refractivity contribution < 1.29 is 9.53 Å². The Morgan fingerprint density at radius 3 is 2.76 bits per heavy atom. The van der Waals surface area contributed by atoms with Crippen molar-refractivity contribution in [2.75, 3.05) is 11.9 Å². The summed E-state index contributed by atoms with van der Waals surface area (Å²) in [6, 6.07) is 12.8. The van der Waals surface area contributed by atoms with E-state index >= 15 is 0 Å². The van der Waals surface area contributed by atoms with Crippen molar-refractivity contribution in [3.63, 3.8) is 0 Å². The van der Waals surface area contributed by atoms with Crippen LogP contribution in [0.15, 0.2) is 42.5 Å². The van der Waals surface area contributed by atoms with Gasteiger partial charge in [-0.1, -0.05) is 29.8 Å². The van der Waals surface area contributed by atoms with Crippen LogP contribution in [0.4, 0.5) is 5.69 Å². The summed E-state index contributed by atoms with van der Waals surface area (Å²) in [6.45, 7) is 2.26. The molecule has 0 bridgehead atoms. The summed E-state index contributed by atoms with van der Waals surface area (Å²) >= 11 is 6.03. The van der Waals surface area contributed by atoms with E-state index in [4.69, 9.17) is 22.1 Å². The van der Waals surface area contributed by atoms with E-state index in [0.717, 1.165) is 16.8 Å². The maximum atomic E-state index is 11.8. The zero-order valence-electron chi connectivity index (χ0n) is 11.7. The number of amides is 1. The fourth-order valence-corrected chi connectivity index (χ4v) is 2.10. The van der Waals surface area contributed by atoms with Gasteiger partial charge in [-0.05, 0) is 42.3 Å². The maximum absolute atomic E-state index is 11.8. The molecule has 0 aliphatic carbocycles. The molecule has 3 N–H and O–H groups in total. The van der Waals surface area contributed by atoms with Gasteiger partial charge in [0.05, 0.1) is 0 Å². The summed E-state index contributed by atoms with van der Waals surface area (Å²) in [5, 5.41) is 3.31. The van der Waals surface area contributed by atoms with Crippen molar-refractivity contribution in [1.29, 1.82) is 0 Å². The molecule has 4 nitrogen and oxygen atoms in total. The fraction of sp³-hybridized carbons (Fsp3) is 0.188. The Morgan fingerprint density at radius 1 is 1.29 bits per heavy atom. The molecule has 0 aliphatic rings. The highest BCUT2D eigenvalue weighted by Crippen LogP contribution is 2.22. The SMILES string of the molecule is Cc1cccc(NC(=O)COc2ccc(CN)c(Cl)c2)c1. The van der Waals surface area contributed by atoms with Crippen molar-refractivity contribution in [2.45, 2.75) is 13.5 Å². The molecule has 21 heavy (non-hydrogen) atoms. The minimum Gasteiger partial charge on any atom is -0.484 e. The van der Waals surface area contributed by atoms with Crippen molar-refractivity contribution in [3.8, 4) is 5.75 Å². The van der Waals surface area contributed by atoms with Gasteiger partial charge in [-0.15, -0.1) is 0 Å². The van der Waals surface area contributed by atoms with Crippen LogP contribution in [0.1, 0.15) is 11.1 Å². The third-order valence-corrected chi connectivity index (χ3v) is 3.27. The highest BCUT2D eigenvalue weighted by atomic mass is 35.5. The lowest BCUT2D eigenvalue weighted by molar-refractivity contribution is -0.118. The van der Waals surface area contributed by atoms with Crippen molar-refractivity contribution in [1.82, 2.24) is 0 Å². The minimum absolute atomic E-state index is 0.0771. The maximum Gasteiger partial charge on any atom is 0.262 e. The topological polar surface area (TPSA) is 64.3 Å². The van der Waals surface area contributed by atoms with Crippen LogP contribution in [0.5, 0.6) is 5.75 Å². The van der Waals surface area contributed by atoms with Crippen LogP contribution >= 0.6 is 11.6 Å². The Morgan fingerprint density at radius 2 is 2.10 bits per heavy atom. The molecule has 2 aromatic carbocycles. The van der Waals surface area contributed by atoms with Gasteiger partial charge in [-0.25, -0.2) is 0 Å². The van der Waals surface area contributed by atoms with Crippen LogP contribution in [0.2, 0.25) is 5.02 Å². The number of ether oxygens (including phenoxy) is 1. The van der Waals surface area contributed by atoms with E-state index in [0.29, 0.717) is 17.3 Å². The summed E-state index contributed by atoms with van der Waals surface area (Å²) in [4.78, 5) is 11.8. The van der Waals surface area contributed by atoms with Gasteiger partial charge >= 0.3 is 0 Å². The van der Waals surface area contributed by atoms with Gasteiger partial charge in [-0.2, -0.15) is 0 Å². The van der Waals surface area contributed by atoms with E-state index in [-0.39, 0.29) is 12.5 Å². The lowest BCUT2D eigenvalue weighted by Gasteiger charge is -2.09. The molecule has 2 rings (SSSR count). The van der Waals surface area contributed by atoms with Crippen molar-refractivity contribution in [2.24, 2.45) is 5.73 Å². The van der Waals surface area contributed by atoms with Crippen LogP contribution in [0.25, 0.3) is 0 Å². The zero-order chi connectivity index (χ0) is 15.2. The summed E-state index contributed by atoms with van der Waals surface area (Å²) in [7, 11) is 0. The molecule has 2 aromatic rings. The number of nitrogens with one attached hydrogen (secondary N) is 1. The molecule has 0 aliphatic heterocycles. The summed E-state index contributed by atoms with van der Waals surface area (Å²) in [6.07, 6.45) is 0. The Labute approximate surface area is 128 Å². The summed E-state index contributed by atoms with van der Waals surface area (Å²) in [5.41, 5.74) is 8.20. The van der Waals surface area contributed by atoms with E-state index in [1.165, 1.54) is 0 Å². The van der Waals surface area contributed by atoms with Gasteiger partial charge in [0.2, 0.25) is 0 Å². The highest BCUT2D eigenvalue weighted by Gasteiger charge is 2.06. The monoisotopic (exact) mass is 304 g/mol. The number of hydrogen-bond donors (Lipinski definition) is 2. The van der Waals surface area contributed by atoms with Gasteiger partial charge in [0.15, 0.2) is 6.61 Å². The quantitative estimate of drug-likeness (QED) is 0.892. The first-order valence-electron chi connectivity index (χ1n) is 6.56. The number of rotatable bonds is 5. The highest BCUT2D eigenvalue weighted by molar-refractivity contribution is 6.31. The largest absolute Gasteiger partial charge is 0.484 e. The molecule has 0 atom stereocenters. The summed E-state index contributed by atoms with van der Waals surface area (Å²) in [5.74, 6) is 0.316. The lowest BCUT2D eigenvalue weighted by atomic mass is 10.2. The Balaban J connectivity index is 1.90. The number of anilines is 1. The molecular formula is C16H17ClN2O2. The number of nitrogens with two attached hydrogens (primary N) is 1. The number of carbonyl (C=O) groups excluding carboxylic acids is 1. The smallest absolute Gasteiger partial charge is 0.262 e. The van der Waals surface area contributed by atoms with E-state index in [1.54, 1.807) is 18.2 Å². The van der Waals surface area contributed by atoms with Gasteiger partial charge in [-0.3, -0.25) is 4.79 Å². The van der Waals surface area contributed by atoms with Crippen LogP contribution in [0.3, 0.4) is 0 Å². The van der Waals surface area contributed by atoms with Gasteiger partial charge in [0, 0.05) is 17.3 Å². The second-order valence-corrected chi connectivity index (χ2v) is 5.07. The number of hydrogen-bond acceptors (Lipinski definition) is 3. The van der Waals surface area contributed by atoms with Gasteiger partial charge in [0.1, 0.15) is 5.75 Å². The van der Waals surface area contributed by atoms with Crippen LogP contribution in [0, 0.1) is 6.92 Å². The normalized spacial score (nSPS) is 10.2. The van der Waals surface area contributed by atoms with Gasteiger partial charge in [0.25, 0.3) is 5.91 Å². The molecule has 0 saturated carbocycles. The van der Waals surface area contributed by atoms with Crippen LogP contribution in [-0.2, 0) is 11.3 Å². The van der Waals surface area contributed by atoms with E-state index < -0.39 is 0 Å². The molecule has 0 aromatic heterocycles. The Hall–Kier alpha value is -2.04. The molecule has 0 radical (unpaired) electrons. The van der Waals surface area contributed by atoms with E-state index in [1.807, 2.05) is 31.2 Å². The van der Waals surface area contributed by atoms with Crippen molar-refractivity contribution in [3.05, 3.63) is 58.6 Å². The molecule has 5 heteroatoms. The molecule has 1 amide bonds. The molecule has 110 valence electrons. The number of aryl methyl sites for hydroxylation is 1. The minimum atomic E-state index is -0.223. The third-order valence-electron chi connectivity index (χ3n) is 2.92. The first kappa shape index (κ1) is 15.4. The molecule has 0 fully saturated rings. The first-order chi connectivity index (χ1) is 10.1. The lowest BCUT2D eigenvalue weighted by Crippen LogP contribution is -2.20. The molecule has 0 spiro atoms.